The highest BCUT2D eigenvalue weighted by atomic mass is 79.9. The van der Waals surface area contributed by atoms with Crippen molar-refractivity contribution in [3.8, 4) is 0 Å². The number of likely N-dealkylation sites (N-methyl/N-ethyl adjacent to an activating group) is 1. The number of pyridine rings is 1. The number of halogens is 1. The van der Waals surface area contributed by atoms with Gasteiger partial charge in [-0.15, -0.1) is 11.3 Å². The zero-order valence-corrected chi connectivity index (χ0v) is 17.4. The first-order chi connectivity index (χ1) is 12.4. The molecule has 1 fully saturated rings. The summed E-state index contributed by atoms with van der Waals surface area (Å²) in [4.78, 5) is 20.7. The normalized spacial score (nSPS) is 15.5. The molecule has 2 aromatic heterocycles. The molecule has 140 valence electrons. The van der Waals surface area contributed by atoms with E-state index in [0.29, 0.717) is 26.2 Å². The third-order valence-electron chi connectivity index (χ3n) is 4.19. The van der Waals surface area contributed by atoms with Crippen LogP contribution >= 0.6 is 27.3 Å². The van der Waals surface area contributed by atoms with Crippen molar-refractivity contribution in [2.45, 2.75) is 4.21 Å². The number of hydrogen-bond donors (Lipinski definition) is 0. The highest BCUT2D eigenvalue weighted by Crippen LogP contribution is 2.20. The molecule has 0 N–H and O–H groups in total. The summed E-state index contributed by atoms with van der Waals surface area (Å²) in [5, 5.41) is 1.71. The molecular weight excluding hydrogens is 440 g/mol. The summed E-state index contributed by atoms with van der Waals surface area (Å²) in [6.07, 6.45) is 1.75. The van der Waals surface area contributed by atoms with Gasteiger partial charge in [0, 0.05) is 43.9 Å². The molecule has 1 saturated heterocycles. The third kappa shape index (κ3) is 4.25. The fraction of sp³-hybridized carbons (Fsp3) is 0.375. The maximum absolute atomic E-state index is 12.5. The van der Waals surface area contributed by atoms with Gasteiger partial charge in [-0.25, -0.2) is 13.4 Å². The predicted octanol–water partition coefficient (Wildman–Crippen LogP) is 1.87. The number of carbonyl (C=O) groups excluding carboxylic acids is 1. The Kier molecular flexibility index (Phi) is 5.96. The Labute approximate surface area is 165 Å². The molecule has 1 aliphatic rings. The Morgan fingerprint density at radius 2 is 2.00 bits per heavy atom. The Bertz CT molecular complexity index is 848. The maximum atomic E-state index is 12.5. The second-order valence-corrected chi connectivity index (χ2v) is 10.0. The van der Waals surface area contributed by atoms with E-state index in [1.807, 2.05) is 12.1 Å². The fourth-order valence-electron chi connectivity index (χ4n) is 2.68. The quantitative estimate of drug-likeness (QED) is 0.683. The standard InChI is InChI=1S/C16H19BrN4O3S2/c1-19(26(23,24)16-3-2-10-25-16)12-15(22)21-8-6-20(7-9-21)14-5-4-13(17)11-18-14/h2-5,10-11H,6-9,12H2,1H3. The summed E-state index contributed by atoms with van der Waals surface area (Å²) in [5.74, 6) is 0.689. The second-order valence-electron chi connectivity index (χ2n) is 5.90. The van der Waals surface area contributed by atoms with Gasteiger partial charge in [-0.2, -0.15) is 4.31 Å². The zero-order valence-electron chi connectivity index (χ0n) is 14.2. The number of anilines is 1. The summed E-state index contributed by atoms with van der Waals surface area (Å²) in [6.45, 7) is 2.27. The van der Waals surface area contributed by atoms with E-state index in [-0.39, 0.29) is 16.7 Å². The average molecular weight is 459 g/mol. The number of carbonyl (C=O) groups is 1. The minimum absolute atomic E-state index is 0.156. The van der Waals surface area contributed by atoms with E-state index in [2.05, 4.69) is 25.8 Å². The summed E-state index contributed by atoms with van der Waals surface area (Å²) < 4.78 is 27.1. The molecule has 3 rings (SSSR count). The zero-order chi connectivity index (χ0) is 18.7. The minimum atomic E-state index is -3.61. The van der Waals surface area contributed by atoms with Crippen molar-refractivity contribution < 1.29 is 13.2 Å². The number of aromatic nitrogens is 1. The van der Waals surface area contributed by atoms with Crippen molar-refractivity contribution in [3.05, 3.63) is 40.3 Å². The van der Waals surface area contributed by atoms with E-state index in [9.17, 15) is 13.2 Å². The van der Waals surface area contributed by atoms with Crippen LogP contribution in [0, 0.1) is 0 Å². The van der Waals surface area contributed by atoms with E-state index in [4.69, 9.17) is 0 Å². The van der Waals surface area contributed by atoms with E-state index < -0.39 is 10.0 Å². The van der Waals surface area contributed by atoms with Gasteiger partial charge in [0.15, 0.2) is 0 Å². The van der Waals surface area contributed by atoms with E-state index in [0.717, 1.165) is 25.9 Å². The molecule has 0 spiro atoms. The molecule has 10 heteroatoms. The minimum Gasteiger partial charge on any atom is -0.353 e. The lowest BCUT2D eigenvalue weighted by Crippen LogP contribution is -2.51. The van der Waals surface area contributed by atoms with Crippen LogP contribution in [0.2, 0.25) is 0 Å². The predicted molar refractivity (Wildman–Crippen MR) is 105 cm³/mol. The van der Waals surface area contributed by atoms with Gasteiger partial charge in [-0.05, 0) is 39.5 Å². The Hall–Kier alpha value is -1.49. The third-order valence-corrected chi connectivity index (χ3v) is 7.83. The van der Waals surface area contributed by atoms with Crippen molar-refractivity contribution in [3.63, 3.8) is 0 Å². The molecule has 0 bridgehead atoms. The number of sulfonamides is 1. The molecule has 1 amide bonds. The SMILES string of the molecule is CN(CC(=O)N1CCN(c2ccc(Br)cn2)CC1)S(=O)(=O)c1cccs1. The van der Waals surface area contributed by atoms with Crippen LogP contribution in [0.3, 0.4) is 0 Å². The van der Waals surface area contributed by atoms with Gasteiger partial charge < -0.3 is 9.80 Å². The van der Waals surface area contributed by atoms with Crippen molar-refractivity contribution in [2.24, 2.45) is 0 Å². The first kappa shape index (κ1) is 19.3. The summed E-state index contributed by atoms with van der Waals surface area (Å²) in [7, 11) is -2.17. The largest absolute Gasteiger partial charge is 0.353 e. The second kappa shape index (κ2) is 8.03. The number of amides is 1. The van der Waals surface area contributed by atoms with E-state index in [1.54, 1.807) is 28.6 Å². The van der Waals surface area contributed by atoms with E-state index in [1.165, 1.54) is 7.05 Å². The van der Waals surface area contributed by atoms with Crippen molar-refractivity contribution in [1.29, 1.82) is 0 Å². The molecule has 0 radical (unpaired) electrons. The summed E-state index contributed by atoms with van der Waals surface area (Å²) in [6, 6.07) is 7.10. The van der Waals surface area contributed by atoms with Gasteiger partial charge >= 0.3 is 0 Å². The van der Waals surface area contributed by atoms with Gasteiger partial charge in [0.05, 0.1) is 6.54 Å². The average Bonchev–Trinajstić information content (AvgIpc) is 3.18. The highest BCUT2D eigenvalue weighted by Gasteiger charge is 2.27. The highest BCUT2D eigenvalue weighted by molar-refractivity contribution is 9.10. The molecule has 1 aliphatic heterocycles. The van der Waals surface area contributed by atoms with Gasteiger partial charge in [-0.3, -0.25) is 4.79 Å². The van der Waals surface area contributed by atoms with Crippen LogP contribution in [0.15, 0.2) is 44.5 Å². The Morgan fingerprint density at radius 3 is 2.58 bits per heavy atom. The molecule has 0 aromatic carbocycles. The lowest BCUT2D eigenvalue weighted by atomic mass is 10.3. The van der Waals surface area contributed by atoms with Crippen molar-refractivity contribution >= 4 is 49.0 Å². The van der Waals surface area contributed by atoms with Gasteiger partial charge in [0.2, 0.25) is 5.91 Å². The Balaban J connectivity index is 1.56. The first-order valence-electron chi connectivity index (χ1n) is 8.02. The molecule has 0 saturated carbocycles. The number of nitrogens with zero attached hydrogens (tertiary/aromatic N) is 4. The molecule has 0 atom stereocenters. The number of thiophene rings is 1. The molecular formula is C16H19BrN4O3S2. The topological polar surface area (TPSA) is 73.8 Å². The Morgan fingerprint density at radius 1 is 1.27 bits per heavy atom. The molecule has 2 aromatic rings. The molecule has 0 unspecified atom stereocenters. The smallest absolute Gasteiger partial charge is 0.252 e. The molecule has 0 aliphatic carbocycles. The van der Waals surface area contributed by atoms with Crippen molar-refractivity contribution in [1.82, 2.24) is 14.2 Å². The monoisotopic (exact) mass is 458 g/mol. The molecule has 3 heterocycles. The fourth-order valence-corrected chi connectivity index (χ4v) is 5.24. The number of piperazine rings is 1. The van der Waals surface area contributed by atoms with Gasteiger partial charge in [-0.1, -0.05) is 6.07 Å². The van der Waals surface area contributed by atoms with Crippen molar-refractivity contribution in [2.75, 3.05) is 44.7 Å². The van der Waals surface area contributed by atoms with Crippen LogP contribution in [0.25, 0.3) is 0 Å². The number of hydrogen-bond acceptors (Lipinski definition) is 6. The number of rotatable bonds is 5. The van der Waals surface area contributed by atoms with Crippen LogP contribution in [-0.4, -0.2) is 68.3 Å². The van der Waals surface area contributed by atoms with E-state index >= 15 is 0 Å². The lowest BCUT2D eigenvalue weighted by molar-refractivity contribution is -0.131. The van der Waals surface area contributed by atoms with Gasteiger partial charge in [0.1, 0.15) is 10.0 Å². The molecule has 7 nitrogen and oxygen atoms in total. The van der Waals surface area contributed by atoms with Crippen LogP contribution in [0.1, 0.15) is 0 Å². The lowest BCUT2D eigenvalue weighted by Gasteiger charge is -2.36. The van der Waals surface area contributed by atoms with Crippen LogP contribution in [0.5, 0.6) is 0 Å². The van der Waals surface area contributed by atoms with Crippen LogP contribution in [0.4, 0.5) is 5.82 Å². The van der Waals surface area contributed by atoms with Crippen LogP contribution < -0.4 is 4.90 Å². The van der Waals surface area contributed by atoms with Gasteiger partial charge in [0.25, 0.3) is 10.0 Å². The summed E-state index contributed by atoms with van der Waals surface area (Å²) in [5.41, 5.74) is 0. The maximum Gasteiger partial charge on any atom is 0.252 e. The first-order valence-corrected chi connectivity index (χ1v) is 11.1. The molecule has 26 heavy (non-hydrogen) atoms. The van der Waals surface area contributed by atoms with Crippen LogP contribution in [-0.2, 0) is 14.8 Å². The summed E-state index contributed by atoms with van der Waals surface area (Å²) >= 11 is 4.51.